The molecule has 37 heavy (non-hydrogen) atoms. The highest BCUT2D eigenvalue weighted by Gasteiger charge is 2.49. The molecular weight excluding hydrogens is 494 g/mol. The molecule has 1 aliphatic rings. The number of nitrogens with zero attached hydrogens (tertiary/aromatic N) is 2. The second kappa shape index (κ2) is 9.70. The van der Waals surface area contributed by atoms with E-state index >= 15 is 0 Å². The molecule has 1 unspecified atom stereocenters. The van der Waals surface area contributed by atoms with Crippen LogP contribution >= 0.6 is 0 Å². The number of anilines is 1. The first kappa shape index (κ1) is 25.9. The number of benzene rings is 3. The summed E-state index contributed by atoms with van der Waals surface area (Å²) >= 11 is 0. The number of hydrogen-bond donors (Lipinski definition) is 1. The molecule has 9 nitrogen and oxygen atoms in total. The van der Waals surface area contributed by atoms with Crippen molar-refractivity contribution in [3.05, 3.63) is 89.5 Å². The lowest BCUT2D eigenvalue weighted by atomic mass is 9.92. The van der Waals surface area contributed by atoms with Gasteiger partial charge in [0.05, 0.1) is 10.6 Å². The van der Waals surface area contributed by atoms with Gasteiger partial charge in [0.25, 0.3) is 15.9 Å². The average Bonchev–Trinajstić information content (AvgIpc) is 3.09. The summed E-state index contributed by atoms with van der Waals surface area (Å²) in [4.78, 5) is 39.0. The summed E-state index contributed by atoms with van der Waals surface area (Å²) in [5.74, 6) is -1.23. The number of carbonyl (C=O) groups is 3. The van der Waals surface area contributed by atoms with Gasteiger partial charge in [-0.15, -0.1) is 0 Å². The molecule has 1 fully saturated rings. The Morgan fingerprint density at radius 1 is 1.00 bits per heavy atom. The Kier molecular flexibility index (Phi) is 6.79. The number of sulfonamides is 1. The molecule has 0 saturated carbocycles. The van der Waals surface area contributed by atoms with E-state index in [0.717, 1.165) is 14.8 Å². The van der Waals surface area contributed by atoms with E-state index in [2.05, 4.69) is 5.32 Å². The van der Waals surface area contributed by atoms with Crippen molar-refractivity contribution in [2.24, 2.45) is 0 Å². The molecule has 0 bridgehead atoms. The number of hydrogen-bond acceptors (Lipinski definition) is 6. The molecule has 1 aliphatic heterocycles. The van der Waals surface area contributed by atoms with Gasteiger partial charge in [0, 0.05) is 7.05 Å². The summed E-state index contributed by atoms with van der Waals surface area (Å²) in [6.45, 7) is 4.56. The van der Waals surface area contributed by atoms with Crippen molar-refractivity contribution in [2.75, 3.05) is 17.9 Å². The molecule has 3 amide bonds. The Balaban J connectivity index is 1.44. The maximum atomic E-state index is 13.1. The number of ether oxygens (including phenoxy) is 1. The second-order valence-electron chi connectivity index (χ2n) is 9.02. The fourth-order valence-electron chi connectivity index (χ4n) is 4.10. The van der Waals surface area contributed by atoms with Crippen LogP contribution in [0.5, 0.6) is 5.75 Å². The molecule has 1 saturated heterocycles. The van der Waals surface area contributed by atoms with Crippen LogP contribution in [0.1, 0.15) is 23.6 Å². The number of rotatable bonds is 7. The lowest BCUT2D eigenvalue weighted by molar-refractivity contribution is -0.140. The molecule has 1 N–H and O–H groups in total. The fourth-order valence-corrected chi connectivity index (χ4v) is 5.60. The van der Waals surface area contributed by atoms with Crippen LogP contribution in [0, 0.1) is 13.8 Å². The van der Waals surface area contributed by atoms with Gasteiger partial charge in [0.15, 0.2) is 0 Å². The number of urea groups is 1. The zero-order chi connectivity index (χ0) is 27.0. The quantitative estimate of drug-likeness (QED) is 0.289. The number of aryl methyl sites for hydroxylation is 2. The highest BCUT2D eigenvalue weighted by Crippen LogP contribution is 2.29. The number of esters is 1. The van der Waals surface area contributed by atoms with E-state index in [1.54, 1.807) is 56.3 Å². The smallest absolute Gasteiger partial charge is 0.331 e. The zero-order valence-corrected chi connectivity index (χ0v) is 21.7. The van der Waals surface area contributed by atoms with Crippen LogP contribution < -0.4 is 14.4 Å². The van der Waals surface area contributed by atoms with E-state index in [4.69, 9.17) is 4.74 Å². The van der Waals surface area contributed by atoms with Gasteiger partial charge in [-0.05, 0) is 67.8 Å². The average molecular weight is 522 g/mol. The highest BCUT2D eigenvalue weighted by molar-refractivity contribution is 7.92. The SMILES string of the molecule is Cc1ccc(C)c(S(=O)(=O)N(C)c2ccc(OC(=O)CN3C(=O)NC(C)(c4ccccc4)C3=O)cc2)c1. The molecule has 0 spiro atoms. The maximum Gasteiger partial charge on any atom is 0.331 e. The van der Waals surface area contributed by atoms with E-state index < -0.39 is 40.0 Å². The summed E-state index contributed by atoms with van der Waals surface area (Å²) in [5, 5.41) is 2.64. The first-order chi connectivity index (χ1) is 17.4. The third-order valence-corrected chi connectivity index (χ3v) is 8.25. The van der Waals surface area contributed by atoms with Gasteiger partial charge in [-0.1, -0.05) is 42.5 Å². The predicted octanol–water partition coefficient (Wildman–Crippen LogP) is 3.50. The molecule has 0 aromatic heterocycles. The minimum Gasteiger partial charge on any atom is -0.425 e. The van der Waals surface area contributed by atoms with Crippen molar-refractivity contribution in [2.45, 2.75) is 31.2 Å². The topological polar surface area (TPSA) is 113 Å². The molecule has 0 radical (unpaired) electrons. The molecule has 4 rings (SSSR count). The summed E-state index contributed by atoms with van der Waals surface area (Å²) in [7, 11) is -2.36. The third kappa shape index (κ3) is 4.92. The zero-order valence-electron chi connectivity index (χ0n) is 20.9. The van der Waals surface area contributed by atoms with E-state index in [0.29, 0.717) is 16.8 Å². The monoisotopic (exact) mass is 521 g/mol. The van der Waals surface area contributed by atoms with E-state index in [1.165, 1.54) is 31.3 Å². The third-order valence-electron chi connectivity index (χ3n) is 6.33. The van der Waals surface area contributed by atoms with Crippen molar-refractivity contribution in [3.63, 3.8) is 0 Å². The van der Waals surface area contributed by atoms with Crippen LogP contribution in [-0.2, 0) is 25.2 Å². The van der Waals surface area contributed by atoms with Crippen molar-refractivity contribution in [1.82, 2.24) is 10.2 Å². The molecule has 10 heteroatoms. The molecule has 192 valence electrons. The van der Waals surface area contributed by atoms with Crippen LogP contribution in [0.3, 0.4) is 0 Å². The molecule has 1 atom stereocenters. The standard InChI is InChI=1S/C27H27N3O6S/c1-18-10-11-19(2)23(16-18)37(34,35)29(4)21-12-14-22(15-13-21)36-24(31)17-30-25(32)27(3,28-26(30)33)20-8-6-5-7-9-20/h5-16H,17H2,1-4H3,(H,28,33). The van der Waals surface area contributed by atoms with E-state index in [9.17, 15) is 22.8 Å². The number of carbonyl (C=O) groups excluding carboxylic acids is 3. The van der Waals surface area contributed by atoms with Crippen molar-refractivity contribution in [1.29, 1.82) is 0 Å². The van der Waals surface area contributed by atoms with Crippen LogP contribution in [0.4, 0.5) is 10.5 Å². The van der Waals surface area contributed by atoms with Gasteiger partial charge in [-0.3, -0.25) is 14.0 Å². The maximum absolute atomic E-state index is 13.1. The normalized spacial score (nSPS) is 17.5. The molecule has 3 aromatic rings. The molecule has 0 aliphatic carbocycles. The van der Waals surface area contributed by atoms with Crippen LogP contribution in [-0.4, -0.2) is 44.8 Å². The molecule has 1 heterocycles. The van der Waals surface area contributed by atoms with Crippen molar-refractivity contribution in [3.8, 4) is 5.75 Å². The number of amides is 3. The Morgan fingerprint density at radius 3 is 2.30 bits per heavy atom. The van der Waals surface area contributed by atoms with Gasteiger partial charge in [0.2, 0.25) is 0 Å². The Morgan fingerprint density at radius 2 is 1.65 bits per heavy atom. The first-order valence-corrected chi connectivity index (χ1v) is 12.9. The minimum absolute atomic E-state index is 0.143. The minimum atomic E-state index is -3.81. The first-order valence-electron chi connectivity index (χ1n) is 11.5. The van der Waals surface area contributed by atoms with Crippen LogP contribution in [0.25, 0.3) is 0 Å². The summed E-state index contributed by atoms with van der Waals surface area (Å²) < 4.78 is 32.7. The lowest BCUT2D eigenvalue weighted by Gasteiger charge is -2.22. The van der Waals surface area contributed by atoms with Gasteiger partial charge in [0.1, 0.15) is 17.8 Å². The van der Waals surface area contributed by atoms with E-state index in [1.807, 2.05) is 13.0 Å². The van der Waals surface area contributed by atoms with Gasteiger partial charge >= 0.3 is 12.0 Å². The second-order valence-corrected chi connectivity index (χ2v) is 11.0. The number of nitrogens with one attached hydrogen (secondary N) is 1. The largest absolute Gasteiger partial charge is 0.425 e. The highest BCUT2D eigenvalue weighted by atomic mass is 32.2. The van der Waals surface area contributed by atoms with Crippen LogP contribution in [0.15, 0.2) is 77.7 Å². The van der Waals surface area contributed by atoms with E-state index in [-0.39, 0.29) is 10.6 Å². The van der Waals surface area contributed by atoms with Crippen molar-refractivity contribution < 1.29 is 27.5 Å². The molecular formula is C27H27N3O6S. The number of imide groups is 1. The predicted molar refractivity (Wildman–Crippen MR) is 138 cm³/mol. The van der Waals surface area contributed by atoms with Crippen molar-refractivity contribution >= 4 is 33.6 Å². The fraction of sp³-hybridized carbons (Fsp3) is 0.222. The Hall–Kier alpha value is -4.18. The summed E-state index contributed by atoms with van der Waals surface area (Å²) in [5.41, 5.74) is 1.14. The summed E-state index contributed by atoms with van der Waals surface area (Å²) in [6.07, 6.45) is 0. The van der Waals surface area contributed by atoms with Gasteiger partial charge < -0.3 is 10.1 Å². The van der Waals surface area contributed by atoms with Gasteiger partial charge in [-0.25, -0.2) is 18.0 Å². The van der Waals surface area contributed by atoms with Crippen LogP contribution in [0.2, 0.25) is 0 Å². The Labute approximate surface area is 215 Å². The molecule has 3 aromatic carbocycles. The summed E-state index contributed by atoms with van der Waals surface area (Å²) in [6, 6.07) is 19.2. The van der Waals surface area contributed by atoms with Gasteiger partial charge in [-0.2, -0.15) is 0 Å². The lowest BCUT2D eigenvalue weighted by Crippen LogP contribution is -2.41. The Bertz CT molecular complexity index is 1470.